The summed E-state index contributed by atoms with van der Waals surface area (Å²) >= 11 is 5.90. The van der Waals surface area contributed by atoms with Gasteiger partial charge in [0, 0.05) is 29.5 Å². The first kappa shape index (κ1) is 10.2. The van der Waals surface area contributed by atoms with Crippen molar-refractivity contribution in [2.75, 3.05) is 6.61 Å². The van der Waals surface area contributed by atoms with Gasteiger partial charge in [0.15, 0.2) is 0 Å². The second-order valence-corrected chi connectivity index (χ2v) is 3.61. The summed E-state index contributed by atoms with van der Waals surface area (Å²) in [7, 11) is 0. The van der Waals surface area contributed by atoms with E-state index >= 15 is 0 Å². The molecule has 0 bridgehead atoms. The summed E-state index contributed by atoms with van der Waals surface area (Å²) in [5.74, 6) is 0.826. The Balaban J connectivity index is 2.40. The zero-order valence-electron chi connectivity index (χ0n) is 8.10. The van der Waals surface area contributed by atoms with Crippen LogP contribution in [0, 0.1) is 0 Å². The van der Waals surface area contributed by atoms with Crippen LogP contribution >= 0.6 is 11.6 Å². The van der Waals surface area contributed by atoms with Crippen molar-refractivity contribution in [3.63, 3.8) is 0 Å². The number of nitrogens with zero attached hydrogens (tertiary/aromatic N) is 2. The molecule has 1 aromatic carbocycles. The Hall–Kier alpha value is -1.32. The highest BCUT2D eigenvalue weighted by atomic mass is 35.5. The molecule has 2 rings (SSSR count). The third-order valence-electron chi connectivity index (χ3n) is 2.14. The van der Waals surface area contributed by atoms with Crippen molar-refractivity contribution in [2.24, 2.45) is 0 Å². The molecule has 0 aliphatic rings. The molecule has 3 nitrogen and oxygen atoms in total. The molecule has 1 N–H and O–H groups in total. The number of hydrogen-bond acceptors (Lipinski definition) is 2. The predicted octanol–water partition coefficient (Wildman–Crippen LogP) is 2.20. The maximum Gasteiger partial charge on any atom is 0.140 e. The molecule has 0 amide bonds. The Kier molecular flexibility index (Phi) is 3.04. The summed E-state index contributed by atoms with van der Waals surface area (Å²) < 4.78 is 1.89. The zero-order chi connectivity index (χ0) is 10.7. The van der Waals surface area contributed by atoms with Crippen molar-refractivity contribution < 1.29 is 5.11 Å². The lowest BCUT2D eigenvalue weighted by atomic mass is 10.2. The molecule has 0 saturated carbocycles. The van der Waals surface area contributed by atoms with Crippen LogP contribution in [0.15, 0.2) is 36.7 Å². The number of rotatable bonds is 3. The van der Waals surface area contributed by atoms with Crippen molar-refractivity contribution in [3.8, 4) is 11.4 Å². The minimum atomic E-state index is 0.101. The normalized spacial score (nSPS) is 10.5. The molecular formula is C11H11ClN2O. The molecule has 0 saturated heterocycles. The van der Waals surface area contributed by atoms with E-state index in [1.807, 2.05) is 35.0 Å². The molecule has 2 aromatic rings. The van der Waals surface area contributed by atoms with Crippen LogP contribution in [-0.4, -0.2) is 21.3 Å². The van der Waals surface area contributed by atoms with Crippen molar-refractivity contribution in [2.45, 2.75) is 6.54 Å². The largest absolute Gasteiger partial charge is 0.395 e. The monoisotopic (exact) mass is 222 g/mol. The van der Waals surface area contributed by atoms with Crippen molar-refractivity contribution in [3.05, 3.63) is 41.7 Å². The molecule has 0 aliphatic carbocycles. The molecule has 0 unspecified atom stereocenters. The molecule has 0 spiro atoms. The fourth-order valence-electron chi connectivity index (χ4n) is 1.49. The van der Waals surface area contributed by atoms with Crippen molar-refractivity contribution in [1.82, 2.24) is 9.55 Å². The lowest BCUT2D eigenvalue weighted by molar-refractivity contribution is 0.276. The van der Waals surface area contributed by atoms with E-state index in [1.54, 1.807) is 6.20 Å². The molecule has 1 heterocycles. The van der Waals surface area contributed by atoms with Gasteiger partial charge < -0.3 is 9.67 Å². The minimum Gasteiger partial charge on any atom is -0.395 e. The first-order valence-corrected chi connectivity index (χ1v) is 5.07. The molecule has 0 aliphatic heterocycles. The summed E-state index contributed by atoms with van der Waals surface area (Å²) in [5.41, 5.74) is 0.959. The highest BCUT2D eigenvalue weighted by Gasteiger charge is 2.05. The van der Waals surface area contributed by atoms with E-state index in [1.165, 1.54) is 0 Å². The minimum absolute atomic E-state index is 0.101. The average molecular weight is 223 g/mol. The SMILES string of the molecule is OCCn1ccnc1-c1cccc(Cl)c1. The zero-order valence-corrected chi connectivity index (χ0v) is 8.85. The Morgan fingerprint density at radius 2 is 2.27 bits per heavy atom. The van der Waals surface area contributed by atoms with E-state index in [0.717, 1.165) is 11.4 Å². The number of benzene rings is 1. The third kappa shape index (κ3) is 2.19. The lowest BCUT2D eigenvalue weighted by Gasteiger charge is -2.05. The van der Waals surface area contributed by atoms with Gasteiger partial charge in [-0.1, -0.05) is 23.7 Å². The number of aromatic nitrogens is 2. The smallest absolute Gasteiger partial charge is 0.140 e. The Morgan fingerprint density at radius 3 is 3.00 bits per heavy atom. The van der Waals surface area contributed by atoms with Gasteiger partial charge in [0.1, 0.15) is 5.82 Å². The number of aliphatic hydroxyl groups is 1. The van der Waals surface area contributed by atoms with Crippen LogP contribution in [0.3, 0.4) is 0 Å². The Morgan fingerprint density at radius 1 is 1.40 bits per heavy atom. The first-order chi connectivity index (χ1) is 7.31. The topological polar surface area (TPSA) is 38.0 Å². The average Bonchev–Trinajstić information content (AvgIpc) is 2.66. The van der Waals surface area contributed by atoms with Crippen molar-refractivity contribution in [1.29, 1.82) is 0 Å². The van der Waals surface area contributed by atoms with Crippen LogP contribution < -0.4 is 0 Å². The summed E-state index contributed by atoms with van der Waals surface area (Å²) in [4.78, 5) is 4.24. The second kappa shape index (κ2) is 4.47. The van der Waals surface area contributed by atoms with Crippen LogP contribution in [0.5, 0.6) is 0 Å². The van der Waals surface area contributed by atoms with Crippen LogP contribution in [-0.2, 0) is 6.54 Å². The van der Waals surface area contributed by atoms with Crippen LogP contribution in [0.2, 0.25) is 5.02 Å². The molecular weight excluding hydrogens is 212 g/mol. The third-order valence-corrected chi connectivity index (χ3v) is 2.37. The fraction of sp³-hybridized carbons (Fsp3) is 0.182. The standard InChI is InChI=1S/C11H11ClN2O/c12-10-3-1-2-9(8-10)11-13-4-5-14(11)6-7-15/h1-5,8,15H,6-7H2. The maximum atomic E-state index is 8.89. The number of hydrogen-bond donors (Lipinski definition) is 1. The fourth-order valence-corrected chi connectivity index (χ4v) is 1.68. The summed E-state index contributed by atoms with van der Waals surface area (Å²) in [5, 5.41) is 9.58. The second-order valence-electron chi connectivity index (χ2n) is 3.18. The molecule has 1 aromatic heterocycles. The molecule has 0 fully saturated rings. The number of imidazole rings is 1. The van der Waals surface area contributed by atoms with Gasteiger partial charge >= 0.3 is 0 Å². The molecule has 15 heavy (non-hydrogen) atoms. The highest BCUT2D eigenvalue weighted by Crippen LogP contribution is 2.20. The van der Waals surface area contributed by atoms with Gasteiger partial charge in [-0.25, -0.2) is 4.98 Å². The van der Waals surface area contributed by atoms with Crippen LogP contribution in [0.4, 0.5) is 0 Å². The molecule has 4 heteroatoms. The van der Waals surface area contributed by atoms with E-state index in [4.69, 9.17) is 16.7 Å². The van der Waals surface area contributed by atoms with E-state index in [2.05, 4.69) is 4.98 Å². The van der Waals surface area contributed by atoms with Crippen molar-refractivity contribution >= 4 is 11.6 Å². The lowest BCUT2D eigenvalue weighted by Crippen LogP contribution is -2.02. The van der Waals surface area contributed by atoms with Gasteiger partial charge in [-0.3, -0.25) is 0 Å². The van der Waals surface area contributed by atoms with E-state index in [9.17, 15) is 0 Å². The van der Waals surface area contributed by atoms with Gasteiger partial charge in [0.2, 0.25) is 0 Å². The quantitative estimate of drug-likeness (QED) is 0.865. The number of halogens is 1. The molecule has 0 radical (unpaired) electrons. The van der Waals surface area contributed by atoms with Gasteiger partial charge in [0.25, 0.3) is 0 Å². The van der Waals surface area contributed by atoms with Gasteiger partial charge in [0.05, 0.1) is 6.61 Å². The van der Waals surface area contributed by atoms with E-state index in [0.29, 0.717) is 11.6 Å². The first-order valence-electron chi connectivity index (χ1n) is 4.69. The maximum absolute atomic E-state index is 8.89. The van der Waals surface area contributed by atoms with Crippen LogP contribution in [0.25, 0.3) is 11.4 Å². The predicted molar refractivity (Wildman–Crippen MR) is 59.8 cm³/mol. The number of aliphatic hydroxyl groups excluding tert-OH is 1. The molecule has 78 valence electrons. The summed E-state index contributed by atoms with van der Waals surface area (Å²) in [6.07, 6.45) is 3.55. The van der Waals surface area contributed by atoms with Gasteiger partial charge in [-0.05, 0) is 12.1 Å². The highest BCUT2D eigenvalue weighted by molar-refractivity contribution is 6.30. The van der Waals surface area contributed by atoms with E-state index in [-0.39, 0.29) is 6.61 Å². The summed E-state index contributed by atoms with van der Waals surface area (Å²) in [6, 6.07) is 7.51. The summed E-state index contributed by atoms with van der Waals surface area (Å²) in [6.45, 7) is 0.645. The van der Waals surface area contributed by atoms with Gasteiger partial charge in [-0.2, -0.15) is 0 Å². The van der Waals surface area contributed by atoms with Gasteiger partial charge in [-0.15, -0.1) is 0 Å². The Bertz CT molecular complexity index is 453. The van der Waals surface area contributed by atoms with E-state index < -0.39 is 0 Å². The van der Waals surface area contributed by atoms with Crippen LogP contribution in [0.1, 0.15) is 0 Å². The molecule has 0 atom stereocenters. The Labute approximate surface area is 93.0 Å².